The van der Waals surface area contributed by atoms with E-state index < -0.39 is 0 Å². The molecule has 122 valence electrons. The lowest BCUT2D eigenvalue weighted by Crippen LogP contribution is -2.36. The van der Waals surface area contributed by atoms with E-state index in [1.165, 1.54) is 25.5 Å². The standard InChI is InChI=1S/C18H23N3O2/c19-15(11-13-7-3-1-4-8-13)18-21-16(12-23-18)17(22)20-14-9-5-2-6-10-14/h1,3-4,7-8,12,14-15H,2,5-6,9-11,19H2,(H,20,22). The quantitative estimate of drug-likeness (QED) is 0.889. The maximum Gasteiger partial charge on any atom is 0.273 e. The third kappa shape index (κ3) is 4.20. The topological polar surface area (TPSA) is 81.1 Å². The summed E-state index contributed by atoms with van der Waals surface area (Å²) in [7, 11) is 0. The molecule has 1 unspecified atom stereocenters. The molecule has 0 bridgehead atoms. The summed E-state index contributed by atoms with van der Waals surface area (Å²) in [5.41, 5.74) is 7.57. The van der Waals surface area contributed by atoms with Gasteiger partial charge in [-0.2, -0.15) is 0 Å². The highest BCUT2D eigenvalue weighted by molar-refractivity contribution is 5.92. The summed E-state index contributed by atoms with van der Waals surface area (Å²) in [5, 5.41) is 3.03. The van der Waals surface area contributed by atoms with Gasteiger partial charge in [-0.25, -0.2) is 4.98 Å². The van der Waals surface area contributed by atoms with Crippen LogP contribution in [0.4, 0.5) is 0 Å². The summed E-state index contributed by atoms with van der Waals surface area (Å²) >= 11 is 0. The molecule has 2 aromatic rings. The molecular formula is C18H23N3O2. The van der Waals surface area contributed by atoms with E-state index in [1.54, 1.807) is 0 Å². The smallest absolute Gasteiger partial charge is 0.273 e. The van der Waals surface area contributed by atoms with Crippen molar-refractivity contribution in [3.05, 3.63) is 53.7 Å². The van der Waals surface area contributed by atoms with Gasteiger partial charge in [-0.3, -0.25) is 4.79 Å². The van der Waals surface area contributed by atoms with Crippen LogP contribution >= 0.6 is 0 Å². The summed E-state index contributed by atoms with van der Waals surface area (Å²) in [4.78, 5) is 16.5. The van der Waals surface area contributed by atoms with Crippen molar-refractivity contribution in [1.29, 1.82) is 0 Å². The number of hydrogen-bond acceptors (Lipinski definition) is 4. The summed E-state index contributed by atoms with van der Waals surface area (Å²) in [6.07, 6.45) is 7.74. The van der Waals surface area contributed by atoms with Gasteiger partial charge in [0.2, 0.25) is 5.89 Å². The Bertz CT molecular complexity index is 633. The van der Waals surface area contributed by atoms with Gasteiger partial charge in [0.15, 0.2) is 5.69 Å². The highest BCUT2D eigenvalue weighted by Gasteiger charge is 2.21. The number of hydrogen-bond donors (Lipinski definition) is 2. The van der Waals surface area contributed by atoms with Crippen LogP contribution in [0.15, 0.2) is 41.0 Å². The zero-order valence-corrected chi connectivity index (χ0v) is 13.2. The second-order valence-electron chi connectivity index (χ2n) is 6.18. The number of oxazole rings is 1. The monoisotopic (exact) mass is 313 g/mol. The van der Waals surface area contributed by atoms with Crippen LogP contribution in [0.25, 0.3) is 0 Å². The number of benzene rings is 1. The van der Waals surface area contributed by atoms with E-state index in [4.69, 9.17) is 10.2 Å². The predicted molar refractivity (Wildman–Crippen MR) is 87.9 cm³/mol. The number of rotatable bonds is 5. The molecule has 5 heteroatoms. The molecule has 1 heterocycles. The Labute approximate surface area is 136 Å². The van der Waals surface area contributed by atoms with Gasteiger partial charge >= 0.3 is 0 Å². The number of carbonyl (C=O) groups excluding carboxylic acids is 1. The second kappa shape index (κ2) is 7.42. The average Bonchev–Trinajstić information content (AvgIpc) is 3.07. The van der Waals surface area contributed by atoms with Crippen LogP contribution in [0.3, 0.4) is 0 Å². The van der Waals surface area contributed by atoms with Crippen molar-refractivity contribution in [3.8, 4) is 0 Å². The van der Waals surface area contributed by atoms with Crippen LogP contribution in [0.2, 0.25) is 0 Å². The normalized spacial score (nSPS) is 16.9. The Morgan fingerprint density at radius 1 is 1.26 bits per heavy atom. The van der Waals surface area contributed by atoms with Gasteiger partial charge in [0.25, 0.3) is 5.91 Å². The van der Waals surface area contributed by atoms with Crippen LogP contribution < -0.4 is 11.1 Å². The minimum atomic E-state index is -0.353. The Morgan fingerprint density at radius 3 is 2.74 bits per heavy atom. The van der Waals surface area contributed by atoms with Gasteiger partial charge < -0.3 is 15.5 Å². The molecule has 1 amide bonds. The van der Waals surface area contributed by atoms with Crippen LogP contribution in [-0.4, -0.2) is 16.9 Å². The van der Waals surface area contributed by atoms with Gasteiger partial charge in [0, 0.05) is 6.04 Å². The first-order valence-electron chi connectivity index (χ1n) is 8.28. The molecule has 1 fully saturated rings. The number of amides is 1. The SMILES string of the molecule is NC(Cc1ccccc1)c1nc(C(=O)NC2CCCCC2)co1. The van der Waals surface area contributed by atoms with E-state index in [0.717, 1.165) is 18.4 Å². The minimum Gasteiger partial charge on any atom is -0.446 e. The Hall–Kier alpha value is -2.14. The zero-order valence-electron chi connectivity index (χ0n) is 13.2. The summed E-state index contributed by atoms with van der Waals surface area (Å²) in [6, 6.07) is 9.84. The van der Waals surface area contributed by atoms with Crippen LogP contribution in [0, 0.1) is 0 Å². The fourth-order valence-electron chi connectivity index (χ4n) is 3.02. The van der Waals surface area contributed by atoms with E-state index in [-0.39, 0.29) is 18.0 Å². The average molecular weight is 313 g/mol. The van der Waals surface area contributed by atoms with Crippen molar-refractivity contribution in [2.45, 2.75) is 50.6 Å². The number of aromatic nitrogens is 1. The molecule has 1 aliphatic carbocycles. The summed E-state index contributed by atoms with van der Waals surface area (Å²) in [5.74, 6) is 0.237. The highest BCUT2D eigenvalue weighted by Crippen LogP contribution is 2.19. The third-order valence-corrected chi connectivity index (χ3v) is 4.31. The number of nitrogens with zero attached hydrogens (tertiary/aromatic N) is 1. The summed E-state index contributed by atoms with van der Waals surface area (Å²) in [6.45, 7) is 0. The molecule has 5 nitrogen and oxygen atoms in total. The van der Waals surface area contributed by atoms with Crippen molar-refractivity contribution in [2.75, 3.05) is 0 Å². The van der Waals surface area contributed by atoms with E-state index in [1.807, 2.05) is 30.3 Å². The third-order valence-electron chi connectivity index (χ3n) is 4.31. The maximum absolute atomic E-state index is 12.2. The maximum atomic E-state index is 12.2. The molecule has 1 aromatic heterocycles. The number of nitrogens with two attached hydrogens (primary N) is 1. The van der Waals surface area contributed by atoms with Crippen molar-refractivity contribution in [1.82, 2.24) is 10.3 Å². The molecule has 3 rings (SSSR count). The molecule has 23 heavy (non-hydrogen) atoms. The molecule has 0 aliphatic heterocycles. The molecule has 0 radical (unpaired) electrons. The second-order valence-corrected chi connectivity index (χ2v) is 6.18. The van der Waals surface area contributed by atoms with Crippen molar-refractivity contribution in [2.24, 2.45) is 5.73 Å². The first-order valence-corrected chi connectivity index (χ1v) is 8.28. The van der Waals surface area contributed by atoms with Gasteiger partial charge in [0.05, 0.1) is 6.04 Å². The first kappa shape index (κ1) is 15.7. The molecule has 3 N–H and O–H groups in total. The number of nitrogens with one attached hydrogen (secondary N) is 1. The largest absolute Gasteiger partial charge is 0.446 e. The van der Waals surface area contributed by atoms with Gasteiger partial charge in [-0.05, 0) is 24.8 Å². The lowest BCUT2D eigenvalue weighted by molar-refractivity contribution is 0.0922. The van der Waals surface area contributed by atoms with Crippen LogP contribution in [0.5, 0.6) is 0 Å². The fraction of sp³-hybridized carbons (Fsp3) is 0.444. The number of carbonyl (C=O) groups is 1. The molecule has 1 saturated carbocycles. The van der Waals surface area contributed by atoms with Gasteiger partial charge in [-0.15, -0.1) is 0 Å². The van der Waals surface area contributed by atoms with Crippen LogP contribution in [-0.2, 0) is 6.42 Å². The van der Waals surface area contributed by atoms with Crippen molar-refractivity contribution in [3.63, 3.8) is 0 Å². The predicted octanol–water partition coefficient (Wildman–Crippen LogP) is 2.98. The molecular weight excluding hydrogens is 290 g/mol. The lowest BCUT2D eigenvalue weighted by atomic mass is 9.95. The summed E-state index contributed by atoms with van der Waals surface area (Å²) < 4.78 is 5.41. The van der Waals surface area contributed by atoms with Crippen molar-refractivity contribution >= 4 is 5.91 Å². The lowest BCUT2D eigenvalue weighted by Gasteiger charge is -2.22. The minimum absolute atomic E-state index is 0.168. The van der Waals surface area contributed by atoms with Gasteiger partial charge in [0.1, 0.15) is 6.26 Å². The molecule has 1 aliphatic rings. The zero-order chi connectivity index (χ0) is 16.1. The molecule has 1 aromatic carbocycles. The fourth-order valence-corrected chi connectivity index (χ4v) is 3.02. The van der Waals surface area contributed by atoms with Crippen LogP contribution in [0.1, 0.15) is 60.1 Å². The van der Waals surface area contributed by atoms with E-state index >= 15 is 0 Å². The first-order chi connectivity index (χ1) is 11.2. The van der Waals surface area contributed by atoms with E-state index in [2.05, 4.69) is 10.3 Å². The van der Waals surface area contributed by atoms with E-state index in [9.17, 15) is 4.79 Å². The highest BCUT2D eigenvalue weighted by atomic mass is 16.3. The Morgan fingerprint density at radius 2 is 2.00 bits per heavy atom. The van der Waals surface area contributed by atoms with Gasteiger partial charge in [-0.1, -0.05) is 49.6 Å². The Kier molecular flexibility index (Phi) is 5.08. The molecule has 0 spiro atoms. The molecule has 0 saturated heterocycles. The van der Waals surface area contributed by atoms with Crippen molar-refractivity contribution < 1.29 is 9.21 Å². The van der Waals surface area contributed by atoms with E-state index in [0.29, 0.717) is 18.0 Å². The Balaban J connectivity index is 1.59. The molecule has 1 atom stereocenters.